The Morgan fingerprint density at radius 2 is 1.90 bits per heavy atom. The topological polar surface area (TPSA) is 99.0 Å². The first-order valence-electron chi connectivity index (χ1n) is 9.55. The lowest BCUT2D eigenvalue weighted by molar-refractivity contribution is -0.385. The van der Waals surface area contributed by atoms with Gasteiger partial charge < -0.3 is 14.4 Å². The highest BCUT2D eigenvalue weighted by atomic mass is 35.5. The van der Waals surface area contributed by atoms with Crippen LogP contribution in [0.15, 0.2) is 18.2 Å². The van der Waals surface area contributed by atoms with Crippen LogP contribution in [0.3, 0.4) is 0 Å². The highest BCUT2D eigenvalue weighted by Crippen LogP contribution is 2.39. The van der Waals surface area contributed by atoms with Gasteiger partial charge in [0.15, 0.2) is 0 Å². The summed E-state index contributed by atoms with van der Waals surface area (Å²) >= 11 is 6.04. The van der Waals surface area contributed by atoms with Crippen molar-refractivity contribution in [2.24, 2.45) is 5.41 Å². The van der Waals surface area contributed by atoms with Crippen molar-refractivity contribution in [3.8, 4) is 0 Å². The van der Waals surface area contributed by atoms with Gasteiger partial charge in [-0.15, -0.1) is 0 Å². The Hall–Kier alpha value is -2.35. The second-order valence-corrected chi connectivity index (χ2v) is 8.61. The van der Waals surface area contributed by atoms with Crippen LogP contribution in [-0.2, 0) is 20.7 Å². The predicted octanol–water partition coefficient (Wildman–Crippen LogP) is 4.37. The van der Waals surface area contributed by atoms with Gasteiger partial charge in [-0.3, -0.25) is 14.9 Å². The maximum atomic E-state index is 12.8. The van der Waals surface area contributed by atoms with Crippen molar-refractivity contribution in [2.45, 2.75) is 52.6 Å². The number of carbonyl (C=O) groups excluding carboxylic acids is 2. The first-order chi connectivity index (χ1) is 13.5. The summed E-state index contributed by atoms with van der Waals surface area (Å²) in [5.74, 6) is -0.418. The fourth-order valence-electron chi connectivity index (χ4n) is 3.42. The van der Waals surface area contributed by atoms with Crippen LogP contribution in [0.2, 0.25) is 5.02 Å². The lowest BCUT2D eigenvalue weighted by atomic mass is 9.73. The number of amides is 1. The Morgan fingerprint density at radius 3 is 2.41 bits per heavy atom. The SMILES string of the molecule is CCOC(=O)C1(Cc2cc(Cl)ccc2[N+](=O)[O-])CCN(C(=O)OC(C)(C)C)CC1. The molecular weight excluding hydrogens is 400 g/mol. The summed E-state index contributed by atoms with van der Waals surface area (Å²) in [5, 5.41) is 11.8. The first kappa shape index (κ1) is 22.9. The van der Waals surface area contributed by atoms with Gasteiger partial charge in [0, 0.05) is 29.7 Å². The molecule has 1 aliphatic rings. The summed E-state index contributed by atoms with van der Waals surface area (Å²) in [6.45, 7) is 7.86. The fraction of sp³-hybridized carbons (Fsp3) is 0.600. The number of rotatable bonds is 5. The smallest absolute Gasteiger partial charge is 0.410 e. The number of carbonyl (C=O) groups is 2. The molecule has 0 spiro atoms. The molecule has 0 N–H and O–H groups in total. The van der Waals surface area contributed by atoms with Crippen LogP contribution in [0.5, 0.6) is 0 Å². The third-order valence-electron chi connectivity index (χ3n) is 4.85. The number of likely N-dealkylation sites (tertiary alicyclic amines) is 1. The molecule has 160 valence electrons. The molecule has 0 atom stereocenters. The maximum Gasteiger partial charge on any atom is 0.410 e. The maximum absolute atomic E-state index is 12.8. The molecule has 0 radical (unpaired) electrons. The number of benzene rings is 1. The van der Waals surface area contributed by atoms with Gasteiger partial charge in [0.05, 0.1) is 16.9 Å². The van der Waals surface area contributed by atoms with E-state index >= 15 is 0 Å². The van der Waals surface area contributed by atoms with E-state index in [0.29, 0.717) is 36.5 Å². The van der Waals surface area contributed by atoms with Gasteiger partial charge in [0.2, 0.25) is 0 Å². The van der Waals surface area contributed by atoms with Gasteiger partial charge in [-0.05, 0) is 59.1 Å². The number of ether oxygens (including phenoxy) is 2. The molecule has 1 amide bonds. The molecule has 1 aliphatic heterocycles. The van der Waals surface area contributed by atoms with E-state index in [1.165, 1.54) is 18.2 Å². The largest absolute Gasteiger partial charge is 0.466 e. The lowest BCUT2D eigenvalue weighted by Gasteiger charge is -2.40. The Bertz CT molecular complexity index is 782. The number of nitrogens with zero attached hydrogens (tertiary/aromatic N) is 2. The summed E-state index contributed by atoms with van der Waals surface area (Å²) in [4.78, 5) is 37.7. The van der Waals surface area contributed by atoms with Crippen LogP contribution in [0.4, 0.5) is 10.5 Å². The van der Waals surface area contributed by atoms with Gasteiger partial charge in [-0.2, -0.15) is 0 Å². The van der Waals surface area contributed by atoms with E-state index in [-0.39, 0.29) is 18.7 Å². The molecule has 0 aliphatic carbocycles. The van der Waals surface area contributed by atoms with Crippen molar-refractivity contribution in [3.05, 3.63) is 38.9 Å². The van der Waals surface area contributed by atoms with E-state index in [9.17, 15) is 19.7 Å². The molecule has 0 aromatic heterocycles. The van der Waals surface area contributed by atoms with Gasteiger partial charge in [0.1, 0.15) is 5.60 Å². The average Bonchev–Trinajstić information content (AvgIpc) is 2.60. The minimum atomic E-state index is -0.968. The zero-order valence-electron chi connectivity index (χ0n) is 17.2. The Labute approximate surface area is 175 Å². The molecule has 1 aromatic rings. The Kier molecular flexibility index (Phi) is 7.11. The molecule has 2 rings (SSSR count). The monoisotopic (exact) mass is 426 g/mol. The number of nitro benzene ring substituents is 1. The summed E-state index contributed by atoms with van der Waals surface area (Å²) in [7, 11) is 0. The van der Waals surface area contributed by atoms with Crippen molar-refractivity contribution in [2.75, 3.05) is 19.7 Å². The fourth-order valence-corrected chi connectivity index (χ4v) is 3.61. The number of esters is 1. The molecule has 9 heteroatoms. The number of piperidine rings is 1. The predicted molar refractivity (Wildman–Crippen MR) is 108 cm³/mol. The summed E-state index contributed by atoms with van der Waals surface area (Å²) in [5.41, 5.74) is -1.30. The van der Waals surface area contributed by atoms with Crippen LogP contribution in [-0.4, -0.2) is 47.2 Å². The van der Waals surface area contributed by atoms with Gasteiger partial charge in [0.25, 0.3) is 5.69 Å². The third kappa shape index (κ3) is 5.82. The van der Waals surface area contributed by atoms with Crippen LogP contribution >= 0.6 is 11.6 Å². The van der Waals surface area contributed by atoms with Crippen molar-refractivity contribution in [3.63, 3.8) is 0 Å². The van der Waals surface area contributed by atoms with E-state index in [0.717, 1.165) is 0 Å². The minimum Gasteiger partial charge on any atom is -0.466 e. The summed E-state index contributed by atoms with van der Waals surface area (Å²) < 4.78 is 10.7. The number of halogens is 1. The van der Waals surface area contributed by atoms with Crippen molar-refractivity contribution in [1.29, 1.82) is 0 Å². The van der Waals surface area contributed by atoms with E-state index in [4.69, 9.17) is 21.1 Å². The normalized spacial score (nSPS) is 16.2. The van der Waals surface area contributed by atoms with Crippen molar-refractivity contribution >= 4 is 29.4 Å². The number of hydrogen-bond donors (Lipinski definition) is 0. The van der Waals surface area contributed by atoms with Crippen LogP contribution in [0.1, 0.15) is 46.1 Å². The van der Waals surface area contributed by atoms with Crippen LogP contribution in [0, 0.1) is 15.5 Å². The van der Waals surface area contributed by atoms with Crippen molar-refractivity contribution in [1.82, 2.24) is 4.90 Å². The van der Waals surface area contributed by atoms with E-state index in [1.54, 1.807) is 32.6 Å². The van der Waals surface area contributed by atoms with Crippen LogP contribution < -0.4 is 0 Å². The second kappa shape index (κ2) is 8.98. The summed E-state index contributed by atoms with van der Waals surface area (Å²) in [6.07, 6.45) is 0.303. The molecular formula is C20H27ClN2O6. The minimum absolute atomic E-state index is 0.0901. The van der Waals surface area contributed by atoms with Crippen LogP contribution in [0.25, 0.3) is 0 Å². The highest BCUT2D eigenvalue weighted by molar-refractivity contribution is 6.30. The zero-order chi connectivity index (χ0) is 21.8. The molecule has 8 nitrogen and oxygen atoms in total. The third-order valence-corrected chi connectivity index (χ3v) is 5.08. The molecule has 1 aromatic carbocycles. The molecule has 0 bridgehead atoms. The first-order valence-corrected chi connectivity index (χ1v) is 9.93. The van der Waals surface area contributed by atoms with Gasteiger partial charge in [-0.25, -0.2) is 4.79 Å². The van der Waals surface area contributed by atoms with E-state index in [1.807, 2.05) is 0 Å². The van der Waals surface area contributed by atoms with Gasteiger partial charge >= 0.3 is 12.1 Å². The lowest BCUT2D eigenvalue weighted by Crippen LogP contribution is -2.49. The average molecular weight is 427 g/mol. The quantitative estimate of drug-likeness (QED) is 0.393. The van der Waals surface area contributed by atoms with E-state index in [2.05, 4.69) is 0 Å². The van der Waals surface area contributed by atoms with Crippen molar-refractivity contribution < 1.29 is 24.0 Å². The second-order valence-electron chi connectivity index (χ2n) is 8.18. The Morgan fingerprint density at radius 1 is 1.28 bits per heavy atom. The zero-order valence-corrected chi connectivity index (χ0v) is 18.0. The van der Waals surface area contributed by atoms with Gasteiger partial charge in [-0.1, -0.05) is 11.6 Å². The molecule has 0 unspecified atom stereocenters. The molecule has 1 fully saturated rings. The highest BCUT2D eigenvalue weighted by Gasteiger charge is 2.45. The Balaban J connectivity index is 2.27. The molecule has 29 heavy (non-hydrogen) atoms. The number of hydrogen-bond acceptors (Lipinski definition) is 6. The molecule has 1 heterocycles. The van der Waals surface area contributed by atoms with E-state index < -0.39 is 28.0 Å². The molecule has 0 saturated carbocycles. The standard InChI is InChI=1S/C20H27ClN2O6/c1-5-28-17(24)20(13-14-12-15(21)6-7-16(14)23(26)27)8-10-22(11-9-20)18(25)29-19(2,3)4/h6-7,12H,5,8-11,13H2,1-4H3. The molecule has 1 saturated heterocycles. The summed E-state index contributed by atoms with van der Waals surface area (Å²) in [6, 6.07) is 4.30. The number of nitro groups is 1.